The van der Waals surface area contributed by atoms with E-state index in [1.54, 1.807) is 35.1 Å². The number of imidazole rings is 1. The average molecular weight is 526 g/mol. The Hall–Kier alpha value is -3.75. The molecule has 1 fully saturated rings. The van der Waals surface area contributed by atoms with Crippen molar-refractivity contribution in [2.45, 2.75) is 38.6 Å². The molecule has 3 aromatic heterocycles. The van der Waals surface area contributed by atoms with E-state index in [9.17, 15) is 4.79 Å². The number of rotatable bonds is 5. The molecule has 7 rings (SSSR count). The van der Waals surface area contributed by atoms with E-state index in [0.717, 1.165) is 24.7 Å². The number of aromatic nitrogens is 5. The zero-order valence-electron chi connectivity index (χ0n) is 21.4. The number of anilines is 2. The molecule has 1 N–H and O–H groups in total. The van der Waals surface area contributed by atoms with Crippen molar-refractivity contribution in [1.29, 1.82) is 0 Å². The van der Waals surface area contributed by atoms with E-state index in [1.807, 2.05) is 12.1 Å². The van der Waals surface area contributed by atoms with Gasteiger partial charge in [0.1, 0.15) is 5.39 Å². The third-order valence-electron chi connectivity index (χ3n) is 7.66. The van der Waals surface area contributed by atoms with Gasteiger partial charge in [-0.05, 0) is 54.2 Å². The fourth-order valence-electron chi connectivity index (χ4n) is 5.78. The third kappa shape index (κ3) is 3.95. The summed E-state index contributed by atoms with van der Waals surface area (Å²) >= 11 is 6.43. The summed E-state index contributed by atoms with van der Waals surface area (Å²) in [5.41, 5.74) is 4.55. The lowest BCUT2D eigenvalue weighted by Gasteiger charge is -2.40. The van der Waals surface area contributed by atoms with Gasteiger partial charge < -0.3 is 5.32 Å². The standard InChI is InChI=1S/C29H28ClN7O/c1-29(2)17-35(15-18-7-8-18)16-19-13-20(9-10-22(19)29)33-27-32-14-21-25(34-27)36-12-11-31-28(36)37(26(21)38)24-6-4-3-5-23(24)30/h3-6,9-14,18H,7-8,15-17H2,1-2H3,(H,32,33,34). The highest BCUT2D eigenvalue weighted by atomic mass is 35.5. The lowest BCUT2D eigenvalue weighted by molar-refractivity contribution is 0.187. The number of nitrogens with one attached hydrogen (secondary N) is 1. The fraction of sp³-hybridized carbons (Fsp3) is 0.310. The summed E-state index contributed by atoms with van der Waals surface area (Å²) in [6, 6.07) is 13.7. The second-order valence-electron chi connectivity index (χ2n) is 11.1. The summed E-state index contributed by atoms with van der Waals surface area (Å²) in [5, 5.41) is 4.21. The Balaban J connectivity index is 1.26. The van der Waals surface area contributed by atoms with Crippen LogP contribution >= 0.6 is 11.6 Å². The van der Waals surface area contributed by atoms with E-state index >= 15 is 0 Å². The zero-order chi connectivity index (χ0) is 26.0. The number of hydrogen-bond donors (Lipinski definition) is 1. The quantitative estimate of drug-likeness (QED) is 0.334. The number of fused-ring (bicyclic) bond motifs is 4. The van der Waals surface area contributed by atoms with E-state index in [-0.39, 0.29) is 11.0 Å². The molecule has 2 aromatic carbocycles. The van der Waals surface area contributed by atoms with Gasteiger partial charge in [-0.1, -0.05) is 43.6 Å². The molecule has 8 nitrogen and oxygen atoms in total. The molecular weight excluding hydrogens is 498 g/mol. The minimum atomic E-state index is -0.273. The molecule has 0 spiro atoms. The van der Waals surface area contributed by atoms with Gasteiger partial charge in [-0.3, -0.25) is 14.1 Å². The topological polar surface area (TPSA) is 80.4 Å². The van der Waals surface area contributed by atoms with Crippen molar-refractivity contribution < 1.29 is 0 Å². The first-order valence-electron chi connectivity index (χ1n) is 13.0. The van der Waals surface area contributed by atoms with Crippen LogP contribution in [0.1, 0.15) is 37.8 Å². The molecular formula is C29H28ClN7O. The van der Waals surface area contributed by atoms with Crippen molar-refractivity contribution in [3.8, 4) is 5.69 Å². The fourth-order valence-corrected chi connectivity index (χ4v) is 6.00. The first kappa shape index (κ1) is 23.4. The molecule has 192 valence electrons. The summed E-state index contributed by atoms with van der Waals surface area (Å²) in [6.45, 7) is 7.89. The summed E-state index contributed by atoms with van der Waals surface area (Å²) in [5.74, 6) is 1.72. The maximum Gasteiger partial charge on any atom is 0.270 e. The van der Waals surface area contributed by atoms with Crippen LogP contribution in [-0.4, -0.2) is 41.9 Å². The molecule has 0 unspecified atom stereocenters. The SMILES string of the molecule is CC1(C)CN(CC2CC2)Cc2cc(Nc3ncc4c(=O)n(-c5ccccc5Cl)c5nccn5c4n3)ccc21. The monoisotopic (exact) mass is 525 g/mol. The van der Waals surface area contributed by atoms with Gasteiger partial charge in [0.2, 0.25) is 11.7 Å². The normalized spacial score (nSPS) is 17.1. The second kappa shape index (κ2) is 8.64. The van der Waals surface area contributed by atoms with Crippen molar-refractivity contribution in [3.63, 3.8) is 0 Å². The Morgan fingerprint density at radius 3 is 2.79 bits per heavy atom. The first-order chi connectivity index (χ1) is 18.4. The molecule has 38 heavy (non-hydrogen) atoms. The molecule has 9 heteroatoms. The maximum atomic E-state index is 13.5. The van der Waals surface area contributed by atoms with Gasteiger partial charge in [0, 0.05) is 49.3 Å². The average Bonchev–Trinajstić information content (AvgIpc) is 3.56. The highest BCUT2D eigenvalue weighted by Gasteiger charge is 2.34. The van der Waals surface area contributed by atoms with Crippen LogP contribution in [0.25, 0.3) is 22.5 Å². The van der Waals surface area contributed by atoms with Gasteiger partial charge in [0.15, 0.2) is 5.65 Å². The van der Waals surface area contributed by atoms with Gasteiger partial charge in [-0.2, -0.15) is 4.98 Å². The second-order valence-corrected chi connectivity index (χ2v) is 11.5. The van der Waals surface area contributed by atoms with Crippen molar-refractivity contribution in [3.05, 3.63) is 87.6 Å². The number of nitrogens with zero attached hydrogens (tertiary/aromatic N) is 6. The molecule has 4 heterocycles. The van der Waals surface area contributed by atoms with Gasteiger partial charge in [-0.15, -0.1) is 0 Å². The number of para-hydroxylation sites is 1. The predicted octanol–water partition coefficient (Wildman–Crippen LogP) is 5.33. The minimum absolute atomic E-state index is 0.106. The van der Waals surface area contributed by atoms with Crippen LogP contribution in [-0.2, 0) is 12.0 Å². The van der Waals surface area contributed by atoms with E-state index in [1.165, 1.54) is 35.1 Å². The lowest BCUT2D eigenvalue weighted by atomic mass is 9.78. The summed E-state index contributed by atoms with van der Waals surface area (Å²) in [4.78, 5) is 29.8. The van der Waals surface area contributed by atoms with Gasteiger partial charge in [0.25, 0.3) is 5.56 Å². The summed E-state index contributed by atoms with van der Waals surface area (Å²) < 4.78 is 3.29. The van der Waals surface area contributed by atoms with Crippen LogP contribution in [0.5, 0.6) is 0 Å². The molecule has 0 bridgehead atoms. The summed E-state index contributed by atoms with van der Waals surface area (Å²) in [6.07, 6.45) is 7.72. The molecule has 0 amide bonds. The van der Waals surface area contributed by atoms with E-state index in [2.05, 4.69) is 52.2 Å². The van der Waals surface area contributed by atoms with Crippen molar-refractivity contribution in [2.75, 3.05) is 18.4 Å². The zero-order valence-corrected chi connectivity index (χ0v) is 22.1. The van der Waals surface area contributed by atoms with Crippen LogP contribution in [0.15, 0.2) is 65.8 Å². The van der Waals surface area contributed by atoms with E-state index in [4.69, 9.17) is 16.6 Å². The molecule has 1 aliphatic heterocycles. The molecule has 2 aliphatic rings. The highest BCUT2D eigenvalue weighted by molar-refractivity contribution is 6.32. The Kier molecular flexibility index (Phi) is 5.32. The highest BCUT2D eigenvalue weighted by Crippen LogP contribution is 2.38. The van der Waals surface area contributed by atoms with E-state index < -0.39 is 0 Å². The largest absolute Gasteiger partial charge is 0.324 e. The lowest BCUT2D eigenvalue weighted by Crippen LogP contribution is -2.42. The molecule has 1 saturated carbocycles. The Morgan fingerprint density at radius 1 is 1.13 bits per heavy atom. The smallest absolute Gasteiger partial charge is 0.270 e. The number of halogens is 1. The molecule has 0 atom stereocenters. The van der Waals surface area contributed by atoms with Gasteiger partial charge >= 0.3 is 0 Å². The molecule has 5 aromatic rings. The maximum absolute atomic E-state index is 13.5. The molecule has 0 saturated heterocycles. The van der Waals surface area contributed by atoms with Crippen LogP contribution in [0, 0.1) is 5.92 Å². The third-order valence-corrected chi connectivity index (χ3v) is 7.98. The van der Waals surface area contributed by atoms with Gasteiger partial charge in [0.05, 0.1) is 10.7 Å². The minimum Gasteiger partial charge on any atom is -0.324 e. The summed E-state index contributed by atoms with van der Waals surface area (Å²) in [7, 11) is 0. The van der Waals surface area contributed by atoms with E-state index in [0.29, 0.717) is 33.5 Å². The predicted molar refractivity (Wildman–Crippen MR) is 150 cm³/mol. The molecule has 1 aliphatic carbocycles. The number of hydrogen-bond acceptors (Lipinski definition) is 6. The first-order valence-corrected chi connectivity index (χ1v) is 13.4. The Labute approximate surface area is 224 Å². The Bertz CT molecular complexity index is 1770. The molecule has 0 radical (unpaired) electrons. The Morgan fingerprint density at radius 2 is 1.97 bits per heavy atom. The van der Waals surface area contributed by atoms with Crippen molar-refractivity contribution >= 4 is 40.0 Å². The van der Waals surface area contributed by atoms with Crippen LogP contribution in [0.4, 0.5) is 11.6 Å². The van der Waals surface area contributed by atoms with Crippen molar-refractivity contribution in [2.24, 2.45) is 5.92 Å². The van der Waals surface area contributed by atoms with Crippen molar-refractivity contribution in [1.82, 2.24) is 28.8 Å². The van der Waals surface area contributed by atoms with Gasteiger partial charge in [-0.25, -0.2) is 14.5 Å². The number of benzene rings is 2. The van der Waals surface area contributed by atoms with Crippen LogP contribution in [0.2, 0.25) is 5.02 Å². The van der Waals surface area contributed by atoms with Crippen LogP contribution < -0.4 is 10.9 Å². The van der Waals surface area contributed by atoms with Crippen LogP contribution in [0.3, 0.4) is 0 Å².